The number of carbonyl (C=O) groups excluding carboxylic acids is 1. The molecule has 112 valence electrons. The Hall–Kier alpha value is -1.56. The predicted molar refractivity (Wildman–Crippen MR) is 80.6 cm³/mol. The van der Waals surface area contributed by atoms with Crippen molar-refractivity contribution in [2.75, 3.05) is 18.1 Å². The number of sulfone groups is 1. The van der Waals surface area contributed by atoms with Crippen LogP contribution < -0.4 is 10.6 Å². The molecular weight excluding hydrogens is 276 g/mol. The predicted octanol–water partition coefficient (Wildman–Crippen LogP) is 1.81. The van der Waals surface area contributed by atoms with Gasteiger partial charge in [0.1, 0.15) is 0 Å². The van der Waals surface area contributed by atoms with Crippen molar-refractivity contribution < 1.29 is 13.2 Å². The van der Waals surface area contributed by atoms with E-state index >= 15 is 0 Å². The van der Waals surface area contributed by atoms with E-state index in [0.29, 0.717) is 5.69 Å². The Morgan fingerprint density at radius 2 is 1.75 bits per heavy atom. The molecule has 0 heterocycles. The molecule has 0 aliphatic heterocycles. The van der Waals surface area contributed by atoms with Crippen molar-refractivity contribution in [3.8, 4) is 0 Å². The molecule has 0 aliphatic carbocycles. The highest BCUT2D eigenvalue weighted by Crippen LogP contribution is 2.13. The second-order valence-corrected chi connectivity index (χ2v) is 7.45. The van der Waals surface area contributed by atoms with Crippen LogP contribution in [0.4, 0.5) is 5.69 Å². The molecule has 0 aliphatic rings. The Bertz CT molecular complexity index is 563. The van der Waals surface area contributed by atoms with E-state index in [4.69, 9.17) is 0 Å². The van der Waals surface area contributed by atoms with E-state index in [1.807, 2.05) is 20.8 Å². The van der Waals surface area contributed by atoms with Crippen molar-refractivity contribution in [2.24, 2.45) is 0 Å². The molecule has 20 heavy (non-hydrogen) atoms. The quantitative estimate of drug-likeness (QED) is 0.840. The molecule has 0 aromatic heterocycles. The minimum atomic E-state index is -3.19. The molecule has 0 radical (unpaired) electrons. The molecule has 1 aromatic rings. The van der Waals surface area contributed by atoms with Gasteiger partial charge in [0.2, 0.25) is 5.91 Å². The van der Waals surface area contributed by atoms with E-state index in [2.05, 4.69) is 10.6 Å². The molecule has 0 saturated carbocycles. The van der Waals surface area contributed by atoms with Gasteiger partial charge in [-0.05, 0) is 44.5 Å². The molecule has 0 saturated heterocycles. The highest BCUT2D eigenvalue weighted by molar-refractivity contribution is 7.90. The molecule has 0 fully saturated rings. The zero-order valence-corrected chi connectivity index (χ0v) is 13.2. The summed E-state index contributed by atoms with van der Waals surface area (Å²) >= 11 is 0. The lowest BCUT2D eigenvalue weighted by molar-refractivity contribution is -0.121. The Morgan fingerprint density at radius 1 is 1.20 bits per heavy atom. The number of amides is 1. The first-order valence-electron chi connectivity index (χ1n) is 6.49. The van der Waals surface area contributed by atoms with Gasteiger partial charge in [-0.1, -0.05) is 6.92 Å². The van der Waals surface area contributed by atoms with Crippen molar-refractivity contribution in [3.63, 3.8) is 0 Å². The summed E-state index contributed by atoms with van der Waals surface area (Å²) in [5.41, 5.74) is 0.487. The molecule has 0 atom stereocenters. The Labute approximate surface area is 120 Å². The van der Waals surface area contributed by atoms with Crippen molar-refractivity contribution in [2.45, 2.75) is 37.6 Å². The van der Waals surface area contributed by atoms with Crippen LogP contribution in [0.1, 0.15) is 27.2 Å². The molecular formula is C14H22N2O3S. The van der Waals surface area contributed by atoms with Gasteiger partial charge in [0.15, 0.2) is 9.84 Å². The fourth-order valence-corrected chi connectivity index (χ4v) is 2.14. The highest BCUT2D eigenvalue weighted by atomic mass is 32.2. The zero-order valence-electron chi connectivity index (χ0n) is 12.4. The van der Waals surface area contributed by atoms with Gasteiger partial charge in [0, 0.05) is 17.5 Å². The number of carbonyl (C=O) groups is 1. The van der Waals surface area contributed by atoms with Gasteiger partial charge in [-0.2, -0.15) is 0 Å². The van der Waals surface area contributed by atoms with Crippen molar-refractivity contribution in [3.05, 3.63) is 24.3 Å². The number of anilines is 1. The zero-order chi connectivity index (χ0) is 15.4. The molecule has 1 amide bonds. The molecule has 1 rings (SSSR count). The minimum absolute atomic E-state index is 0.0935. The maximum absolute atomic E-state index is 11.7. The standard InChI is InChI=1S/C14H22N2O3S/c1-5-14(2,3)16-13(17)10-15-11-6-8-12(9-7-11)20(4,18)19/h6-9,15H,5,10H2,1-4H3,(H,16,17). The number of benzene rings is 1. The monoisotopic (exact) mass is 298 g/mol. The summed E-state index contributed by atoms with van der Waals surface area (Å²) in [5.74, 6) is -0.0935. The summed E-state index contributed by atoms with van der Waals surface area (Å²) in [6, 6.07) is 6.33. The molecule has 0 spiro atoms. The Kier molecular flexibility index (Phi) is 5.16. The molecule has 1 aromatic carbocycles. The lowest BCUT2D eigenvalue weighted by Gasteiger charge is -2.24. The van der Waals surface area contributed by atoms with Crippen LogP contribution in [0, 0.1) is 0 Å². The van der Waals surface area contributed by atoms with Gasteiger partial charge in [-0.15, -0.1) is 0 Å². The first-order chi connectivity index (χ1) is 9.14. The van der Waals surface area contributed by atoms with Gasteiger partial charge >= 0.3 is 0 Å². The maximum Gasteiger partial charge on any atom is 0.239 e. The number of hydrogen-bond acceptors (Lipinski definition) is 4. The van der Waals surface area contributed by atoms with E-state index in [-0.39, 0.29) is 22.9 Å². The second kappa shape index (κ2) is 6.26. The average molecular weight is 298 g/mol. The lowest BCUT2D eigenvalue weighted by atomic mass is 10.0. The fourth-order valence-electron chi connectivity index (χ4n) is 1.51. The summed E-state index contributed by atoms with van der Waals surface area (Å²) in [6.45, 7) is 6.09. The van der Waals surface area contributed by atoms with E-state index in [0.717, 1.165) is 12.7 Å². The SMILES string of the molecule is CCC(C)(C)NC(=O)CNc1ccc(S(C)(=O)=O)cc1. The van der Waals surface area contributed by atoms with Gasteiger partial charge < -0.3 is 10.6 Å². The number of nitrogens with one attached hydrogen (secondary N) is 2. The first kappa shape index (κ1) is 16.5. The molecule has 0 unspecified atom stereocenters. The number of rotatable bonds is 6. The van der Waals surface area contributed by atoms with Gasteiger partial charge in [-0.25, -0.2) is 8.42 Å². The van der Waals surface area contributed by atoms with E-state index < -0.39 is 9.84 Å². The topological polar surface area (TPSA) is 75.3 Å². The largest absolute Gasteiger partial charge is 0.376 e. The smallest absolute Gasteiger partial charge is 0.239 e. The van der Waals surface area contributed by atoms with Gasteiger partial charge in [-0.3, -0.25) is 4.79 Å². The third kappa shape index (κ3) is 5.21. The van der Waals surface area contributed by atoms with Crippen LogP contribution in [0.2, 0.25) is 0 Å². The first-order valence-corrected chi connectivity index (χ1v) is 8.38. The summed E-state index contributed by atoms with van der Waals surface area (Å²) in [5, 5.41) is 5.88. The van der Waals surface area contributed by atoms with Crippen LogP contribution in [0.15, 0.2) is 29.2 Å². The van der Waals surface area contributed by atoms with Crippen molar-refractivity contribution in [1.82, 2.24) is 5.32 Å². The normalized spacial score (nSPS) is 12.0. The van der Waals surface area contributed by atoms with Crippen LogP contribution in [0.5, 0.6) is 0 Å². The summed E-state index contributed by atoms with van der Waals surface area (Å²) in [7, 11) is -3.19. The third-order valence-corrected chi connectivity index (χ3v) is 4.23. The van der Waals surface area contributed by atoms with Gasteiger partial charge in [0.05, 0.1) is 11.4 Å². The summed E-state index contributed by atoms with van der Waals surface area (Å²) in [6.07, 6.45) is 2.01. The van der Waals surface area contributed by atoms with Crippen molar-refractivity contribution in [1.29, 1.82) is 0 Å². The van der Waals surface area contributed by atoms with Crippen LogP contribution in [-0.4, -0.2) is 32.7 Å². The molecule has 5 nitrogen and oxygen atoms in total. The maximum atomic E-state index is 11.7. The van der Waals surface area contributed by atoms with E-state index in [1.54, 1.807) is 12.1 Å². The highest BCUT2D eigenvalue weighted by Gasteiger charge is 2.17. The Balaban J connectivity index is 2.57. The minimum Gasteiger partial charge on any atom is -0.376 e. The van der Waals surface area contributed by atoms with Crippen LogP contribution in [0.3, 0.4) is 0 Å². The number of hydrogen-bond donors (Lipinski definition) is 2. The summed E-state index contributed by atoms with van der Waals surface area (Å²) in [4.78, 5) is 12.0. The Morgan fingerprint density at radius 3 is 2.20 bits per heavy atom. The van der Waals surface area contributed by atoms with Crippen LogP contribution >= 0.6 is 0 Å². The van der Waals surface area contributed by atoms with Crippen molar-refractivity contribution >= 4 is 21.4 Å². The average Bonchev–Trinajstić information content (AvgIpc) is 2.35. The molecule has 2 N–H and O–H groups in total. The fraction of sp³-hybridized carbons (Fsp3) is 0.500. The summed E-state index contributed by atoms with van der Waals surface area (Å²) < 4.78 is 22.6. The molecule has 6 heteroatoms. The van der Waals surface area contributed by atoms with E-state index in [9.17, 15) is 13.2 Å². The molecule has 0 bridgehead atoms. The van der Waals surface area contributed by atoms with Gasteiger partial charge in [0.25, 0.3) is 0 Å². The van der Waals surface area contributed by atoms with Crippen LogP contribution in [0.25, 0.3) is 0 Å². The van der Waals surface area contributed by atoms with Crippen LogP contribution in [-0.2, 0) is 14.6 Å². The lowest BCUT2D eigenvalue weighted by Crippen LogP contribution is -2.45. The van der Waals surface area contributed by atoms with E-state index in [1.165, 1.54) is 12.1 Å². The third-order valence-electron chi connectivity index (χ3n) is 3.10. The second-order valence-electron chi connectivity index (χ2n) is 5.44.